The van der Waals surface area contributed by atoms with Gasteiger partial charge in [0, 0.05) is 75.9 Å². The summed E-state index contributed by atoms with van der Waals surface area (Å²) in [6.07, 6.45) is 0.667. The number of carbonyl (C=O) groups excluding carboxylic acids is 2. The topological polar surface area (TPSA) is 143 Å². The number of rotatable bonds is 3. The monoisotopic (exact) mass is 780 g/mol. The Kier molecular flexibility index (Phi) is 11.4. The number of nitrogens with two attached hydrogens (primary N) is 1. The Morgan fingerprint density at radius 1 is 0.672 bits per heavy atom. The average Bonchev–Trinajstić information content (AvgIpc) is 3.81. The number of pyridine rings is 2. The molecule has 4 aromatic heterocycles. The quantitative estimate of drug-likeness (QED) is 0.179. The lowest BCUT2D eigenvalue weighted by molar-refractivity contribution is -0.0980. The zero-order valence-corrected chi connectivity index (χ0v) is 31.9. The molecule has 0 saturated carbocycles. The van der Waals surface area contributed by atoms with Crippen molar-refractivity contribution in [3.8, 4) is 40.0 Å². The number of nitrogens with zero attached hydrogens (tertiary/aromatic N) is 2. The van der Waals surface area contributed by atoms with Crippen LogP contribution in [0.3, 0.4) is 0 Å². The van der Waals surface area contributed by atoms with E-state index in [0.717, 1.165) is 27.8 Å². The lowest BCUT2D eigenvalue weighted by Crippen LogP contribution is -2.18. The predicted molar refractivity (Wildman–Crippen MR) is 217 cm³/mol. The first-order chi connectivity index (χ1) is 28.3. The van der Waals surface area contributed by atoms with Crippen LogP contribution in [0.1, 0.15) is 44.1 Å². The molecule has 3 N–H and O–H groups in total. The fraction of sp³-hybridized carbons (Fsp3) is 0.130. The van der Waals surface area contributed by atoms with E-state index in [1.54, 1.807) is 49.5 Å². The van der Waals surface area contributed by atoms with Crippen LogP contribution in [0.2, 0.25) is 0 Å². The van der Waals surface area contributed by atoms with Crippen LogP contribution in [0.15, 0.2) is 118 Å². The molecular weight excluding hydrogens is 743 g/mol. The number of fused-ring (bicyclic) bond motifs is 10. The summed E-state index contributed by atoms with van der Waals surface area (Å²) in [4.78, 5) is 31.5. The smallest absolute Gasteiger partial charge is 0.255 e. The third kappa shape index (κ3) is 7.52. The number of halogens is 2. The molecule has 0 radical (unpaired) electrons. The number of benzene rings is 4. The third-order valence-electron chi connectivity index (χ3n) is 9.70. The number of aryl methyl sites for hydroxylation is 1. The van der Waals surface area contributed by atoms with E-state index in [1.165, 1.54) is 31.3 Å². The summed E-state index contributed by atoms with van der Waals surface area (Å²) in [6, 6.07) is 30.7. The number of ether oxygens (including phenoxy) is 2. The van der Waals surface area contributed by atoms with Crippen molar-refractivity contribution in [3.63, 3.8) is 0 Å². The van der Waals surface area contributed by atoms with E-state index in [-0.39, 0.29) is 24.8 Å². The van der Waals surface area contributed by atoms with Crippen molar-refractivity contribution in [2.75, 3.05) is 14.1 Å². The second-order valence-electron chi connectivity index (χ2n) is 13.1. The van der Waals surface area contributed by atoms with Gasteiger partial charge >= 0.3 is 0 Å². The van der Waals surface area contributed by atoms with Gasteiger partial charge in [-0.15, -0.1) is 0 Å². The van der Waals surface area contributed by atoms with E-state index in [1.807, 2.05) is 56.2 Å². The molecule has 0 unspecified atom stereocenters. The van der Waals surface area contributed by atoms with Crippen molar-refractivity contribution >= 4 is 34.6 Å². The molecule has 0 aliphatic carbocycles. The van der Waals surface area contributed by atoms with Crippen LogP contribution in [0.4, 0.5) is 8.78 Å². The lowest BCUT2D eigenvalue weighted by atomic mass is 9.97. The fourth-order valence-electron chi connectivity index (χ4n) is 7.20. The first-order valence-electron chi connectivity index (χ1n) is 18.3. The van der Waals surface area contributed by atoms with Gasteiger partial charge in [0.1, 0.15) is 59.2 Å². The van der Waals surface area contributed by atoms with Gasteiger partial charge in [-0.25, -0.2) is 13.8 Å². The fourth-order valence-corrected chi connectivity index (χ4v) is 7.20. The maximum absolute atomic E-state index is 13.9. The van der Waals surface area contributed by atoms with Crippen LogP contribution in [0.5, 0.6) is 17.4 Å². The normalized spacial score (nSPS) is 11.9. The molecule has 5 heterocycles. The molecule has 8 aromatic rings. The number of hydrogen-bond donors (Lipinski definition) is 2. The van der Waals surface area contributed by atoms with E-state index in [4.69, 9.17) is 33.1 Å². The standard InChI is InChI=1S/C44H31F2N3O5.CH5N.CH2O/c1-24-39-32-22-30-6-4-8-38(49-30)52-35-18-20-37-40(41(44(50)47-2)43(54-37)26-11-15-28(46)16-12-26)33(35)21-29-5-3-7-31(48-29)23-51-34(32)17-19-36(39)53-42(24)25-9-13-27(45)14-10-25;2*1-2/h3-20H,21-23H2,1-2H3,(H,47,50);2H2,1H3;1H2. The minimum Gasteiger partial charge on any atom is -0.487 e. The molecule has 0 saturated heterocycles. The van der Waals surface area contributed by atoms with E-state index < -0.39 is 5.82 Å². The molecule has 292 valence electrons. The second-order valence-corrected chi connectivity index (χ2v) is 13.1. The molecule has 0 fully saturated rings. The van der Waals surface area contributed by atoms with E-state index in [2.05, 4.69) is 11.1 Å². The van der Waals surface area contributed by atoms with Crippen LogP contribution < -0.4 is 20.5 Å². The minimum atomic E-state index is -0.400. The SMILES string of the molecule is C=O.CN.CNC(=O)c1c(-c2ccc(F)cc2)oc2ccc3c(c12)Cc1cccc(n1)COc1ccc2oc(-c4ccc(F)cc4)c(C)c2c1Cc1cccc(n1)O3. The molecule has 12 heteroatoms. The Morgan fingerprint density at radius 3 is 1.86 bits per heavy atom. The predicted octanol–water partition coefficient (Wildman–Crippen LogP) is 9.51. The van der Waals surface area contributed by atoms with Crippen molar-refractivity contribution < 1.29 is 36.7 Å². The van der Waals surface area contributed by atoms with E-state index >= 15 is 0 Å². The first-order valence-corrected chi connectivity index (χ1v) is 18.3. The number of carbonyl (C=O) groups is 2. The maximum Gasteiger partial charge on any atom is 0.255 e. The highest BCUT2D eigenvalue weighted by Crippen LogP contribution is 2.42. The molecular formula is C46H38F2N4O6. The van der Waals surface area contributed by atoms with Crippen LogP contribution in [-0.2, 0) is 24.2 Å². The van der Waals surface area contributed by atoms with Crippen LogP contribution in [0.25, 0.3) is 44.6 Å². The molecule has 58 heavy (non-hydrogen) atoms. The van der Waals surface area contributed by atoms with Crippen molar-refractivity contribution in [2.24, 2.45) is 5.73 Å². The summed E-state index contributed by atoms with van der Waals surface area (Å²) in [5.41, 5.74) is 11.8. The highest BCUT2D eigenvalue weighted by Gasteiger charge is 2.27. The Bertz CT molecular complexity index is 2760. The number of hydrogen-bond acceptors (Lipinski definition) is 9. The van der Waals surface area contributed by atoms with Gasteiger partial charge in [0.25, 0.3) is 5.91 Å². The van der Waals surface area contributed by atoms with Crippen LogP contribution in [-0.4, -0.2) is 36.8 Å². The van der Waals surface area contributed by atoms with E-state index in [0.29, 0.717) is 80.0 Å². The van der Waals surface area contributed by atoms with Crippen LogP contribution in [0, 0.1) is 18.6 Å². The van der Waals surface area contributed by atoms with Gasteiger partial charge in [0.15, 0.2) is 0 Å². The minimum absolute atomic E-state index is 0.180. The summed E-state index contributed by atoms with van der Waals surface area (Å²) in [7, 11) is 3.05. The summed E-state index contributed by atoms with van der Waals surface area (Å²) < 4.78 is 53.5. The molecule has 1 aliphatic rings. The second kappa shape index (κ2) is 16.9. The number of nitrogens with one attached hydrogen (secondary N) is 1. The van der Waals surface area contributed by atoms with Crippen molar-refractivity contribution in [3.05, 3.63) is 160 Å². The maximum atomic E-state index is 13.9. The Morgan fingerprint density at radius 2 is 1.21 bits per heavy atom. The lowest BCUT2D eigenvalue weighted by Gasteiger charge is -2.14. The van der Waals surface area contributed by atoms with Crippen LogP contribution >= 0.6 is 0 Å². The van der Waals surface area contributed by atoms with Gasteiger partial charge in [0.2, 0.25) is 5.88 Å². The Labute approximate surface area is 332 Å². The van der Waals surface area contributed by atoms with Gasteiger partial charge in [0.05, 0.1) is 11.3 Å². The zero-order chi connectivity index (χ0) is 40.9. The van der Waals surface area contributed by atoms with Gasteiger partial charge < -0.3 is 34.2 Å². The summed E-state index contributed by atoms with van der Waals surface area (Å²) in [5.74, 6) is 1.34. The molecule has 1 amide bonds. The molecule has 10 nitrogen and oxygen atoms in total. The largest absolute Gasteiger partial charge is 0.487 e. The number of aromatic nitrogens is 2. The third-order valence-corrected chi connectivity index (χ3v) is 9.70. The van der Waals surface area contributed by atoms with Crippen molar-refractivity contribution in [1.29, 1.82) is 0 Å². The molecule has 4 aromatic carbocycles. The molecule has 4 bridgehead atoms. The van der Waals surface area contributed by atoms with Gasteiger partial charge in [-0.1, -0.05) is 12.1 Å². The number of furan rings is 2. The molecule has 1 aliphatic heterocycles. The van der Waals surface area contributed by atoms with Gasteiger partial charge in [-0.05, 0) is 105 Å². The highest BCUT2D eigenvalue weighted by molar-refractivity contribution is 6.12. The van der Waals surface area contributed by atoms with Gasteiger partial charge in [-0.2, -0.15) is 0 Å². The highest BCUT2D eigenvalue weighted by atomic mass is 19.1. The summed E-state index contributed by atoms with van der Waals surface area (Å²) >= 11 is 0. The Hall–Kier alpha value is -7.18. The summed E-state index contributed by atoms with van der Waals surface area (Å²) in [6.45, 7) is 4.17. The molecule has 0 atom stereocenters. The summed E-state index contributed by atoms with van der Waals surface area (Å²) in [5, 5.41) is 4.19. The average molecular weight is 781 g/mol. The molecule has 0 spiro atoms. The van der Waals surface area contributed by atoms with Crippen molar-refractivity contribution in [2.45, 2.75) is 26.4 Å². The number of amides is 1. The Balaban J connectivity index is 0.00000124. The van der Waals surface area contributed by atoms with E-state index in [9.17, 15) is 13.6 Å². The zero-order valence-electron chi connectivity index (χ0n) is 31.9. The first kappa shape index (κ1) is 39.1. The molecule has 9 rings (SSSR count). The van der Waals surface area contributed by atoms with Crippen molar-refractivity contribution in [1.82, 2.24) is 15.3 Å². The van der Waals surface area contributed by atoms with Gasteiger partial charge in [-0.3, -0.25) is 9.78 Å².